The van der Waals surface area contributed by atoms with Gasteiger partial charge in [-0.2, -0.15) is 4.99 Å². The van der Waals surface area contributed by atoms with Crippen molar-refractivity contribution in [2.24, 2.45) is 4.99 Å². The molecule has 2 aromatic rings. The number of fused-ring (bicyclic) bond motifs is 1. The first-order chi connectivity index (χ1) is 15.5. The van der Waals surface area contributed by atoms with Crippen molar-refractivity contribution in [2.45, 2.75) is 13.8 Å². The van der Waals surface area contributed by atoms with E-state index >= 15 is 0 Å². The molecule has 168 valence electrons. The third kappa shape index (κ3) is 5.00. The zero-order chi connectivity index (χ0) is 22.5. The summed E-state index contributed by atoms with van der Waals surface area (Å²) in [5.74, 6) is 0.0713. The lowest BCUT2D eigenvalue weighted by atomic mass is 10.2. The van der Waals surface area contributed by atoms with E-state index in [1.165, 1.54) is 6.07 Å². The van der Waals surface area contributed by atoms with Crippen molar-refractivity contribution < 1.29 is 9.13 Å². The molecule has 4 rings (SSSR count). The van der Waals surface area contributed by atoms with E-state index in [9.17, 15) is 4.39 Å². The Balaban J connectivity index is 1.51. The van der Waals surface area contributed by atoms with Crippen LogP contribution in [0.25, 0.3) is 10.9 Å². The molecule has 0 saturated carbocycles. The molecular formula is C23H28FN7O. The summed E-state index contributed by atoms with van der Waals surface area (Å²) in [5.41, 5.74) is 5.84. The summed E-state index contributed by atoms with van der Waals surface area (Å²) in [5, 5.41) is 13.9. The molecule has 0 atom stereocenters. The molecule has 0 aliphatic carbocycles. The molecule has 2 aliphatic rings. The van der Waals surface area contributed by atoms with Gasteiger partial charge < -0.3 is 19.9 Å². The molecule has 0 radical (unpaired) electrons. The number of aromatic amines is 1. The van der Waals surface area contributed by atoms with E-state index in [2.05, 4.69) is 31.7 Å². The smallest absolute Gasteiger partial charge is 0.316 e. The van der Waals surface area contributed by atoms with Crippen LogP contribution in [0.5, 0.6) is 5.75 Å². The molecule has 0 unspecified atom stereocenters. The highest BCUT2D eigenvalue weighted by Gasteiger charge is 2.16. The Morgan fingerprint density at radius 1 is 1.28 bits per heavy atom. The first kappa shape index (κ1) is 21.6. The lowest BCUT2D eigenvalue weighted by molar-refractivity contribution is 0.354. The van der Waals surface area contributed by atoms with E-state index in [0.29, 0.717) is 16.7 Å². The van der Waals surface area contributed by atoms with E-state index in [1.54, 1.807) is 12.1 Å². The van der Waals surface area contributed by atoms with Crippen LogP contribution < -0.4 is 15.5 Å². The second kappa shape index (κ2) is 9.69. The fraction of sp³-hybridized carbons (Fsp3) is 0.304. The fourth-order valence-electron chi connectivity index (χ4n) is 3.70. The number of H-pyrrole nitrogens is 1. The molecule has 0 amide bonds. The predicted molar refractivity (Wildman–Crippen MR) is 125 cm³/mol. The van der Waals surface area contributed by atoms with Gasteiger partial charge in [0.25, 0.3) is 0 Å². The number of benzene rings is 1. The second-order valence-corrected chi connectivity index (χ2v) is 7.64. The van der Waals surface area contributed by atoms with Crippen LogP contribution in [0.3, 0.4) is 0 Å². The van der Waals surface area contributed by atoms with Gasteiger partial charge >= 0.3 is 6.02 Å². The van der Waals surface area contributed by atoms with Gasteiger partial charge in [0.05, 0.1) is 12.2 Å². The summed E-state index contributed by atoms with van der Waals surface area (Å²) in [7, 11) is 0. The van der Waals surface area contributed by atoms with Crippen LogP contribution in [0.1, 0.15) is 12.6 Å². The Bertz CT molecular complexity index is 1110. The first-order valence-electron chi connectivity index (χ1n) is 10.7. The van der Waals surface area contributed by atoms with Gasteiger partial charge in [0, 0.05) is 49.0 Å². The molecule has 32 heavy (non-hydrogen) atoms. The highest BCUT2D eigenvalue weighted by atomic mass is 19.1. The molecule has 0 spiro atoms. The molecule has 4 N–H and O–H groups in total. The third-order valence-electron chi connectivity index (χ3n) is 5.23. The third-order valence-corrected chi connectivity index (χ3v) is 5.23. The molecule has 1 fully saturated rings. The average Bonchev–Trinajstić information content (AvgIpc) is 3.40. The van der Waals surface area contributed by atoms with Gasteiger partial charge in [0.15, 0.2) is 11.6 Å². The van der Waals surface area contributed by atoms with E-state index in [-0.39, 0.29) is 11.8 Å². The molecule has 8 nitrogen and oxygen atoms in total. The Morgan fingerprint density at radius 3 is 2.88 bits per heavy atom. The van der Waals surface area contributed by atoms with E-state index in [4.69, 9.17) is 10.1 Å². The van der Waals surface area contributed by atoms with Crippen molar-refractivity contribution in [3.8, 4) is 5.75 Å². The van der Waals surface area contributed by atoms with Crippen molar-refractivity contribution in [1.29, 1.82) is 5.41 Å². The summed E-state index contributed by atoms with van der Waals surface area (Å²) < 4.78 is 20.3. The van der Waals surface area contributed by atoms with Crippen LogP contribution in [0.2, 0.25) is 0 Å². The maximum absolute atomic E-state index is 14.8. The fourth-order valence-corrected chi connectivity index (χ4v) is 3.70. The molecular weight excluding hydrogens is 409 g/mol. The zero-order valence-corrected chi connectivity index (χ0v) is 18.3. The number of ether oxygens (including phenoxy) is 1. The molecule has 1 aromatic heterocycles. The number of hydrazine groups is 1. The topological polar surface area (TPSA) is 91.8 Å². The molecule has 3 heterocycles. The SMILES string of the molecule is C/C=C/C1=CCN(C=C/C(=N\C(=N)Oc2ccc3[nH]c(C)cc3c2F)N2CCNCC2)N1. The minimum absolute atomic E-state index is 0.0182. The van der Waals surface area contributed by atoms with Gasteiger partial charge in [-0.05, 0) is 50.3 Å². The van der Waals surface area contributed by atoms with Gasteiger partial charge in [-0.1, -0.05) is 6.08 Å². The van der Waals surface area contributed by atoms with Crippen molar-refractivity contribution >= 4 is 22.8 Å². The lowest BCUT2D eigenvalue weighted by Gasteiger charge is -2.29. The molecule has 0 bridgehead atoms. The van der Waals surface area contributed by atoms with Gasteiger partial charge in [0.1, 0.15) is 5.84 Å². The highest BCUT2D eigenvalue weighted by molar-refractivity contribution is 6.00. The highest BCUT2D eigenvalue weighted by Crippen LogP contribution is 2.27. The Morgan fingerprint density at radius 2 is 2.09 bits per heavy atom. The quantitative estimate of drug-likeness (QED) is 0.436. The van der Waals surface area contributed by atoms with Crippen molar-refractivity contribution in [2.75, 3.05) is 32.7 Å². The largest absolute Gasteiger partial charge is 0.421 e. The van der Waals surface area contributed by atoms with E-state index in [1.807, 2.05) is 43.3 Å². The number of hydrogen-bond acceptors (Lipinski definition) is 5. The number of allylic oxidation sites excluding steroid dienone is 2. The maximum Gasteiger partial charge on any atom is 0.316 e. The van der Waals surface area contributed by atoms with E-state index < -0.39 is 5.82 Å². The minimum Gasteiger partial charge on any atom is -0.421 e. The van der Waals surface area contributed by atoms with Crippen LogP contribution in [-0.2, 0) is 0 Å². The van der Waals surface area contributed by atoms with Crippen molar-refractivity contribution in [3.63, 3.8) is 0 Å². The standard InChI is InChI=1S/C23H28FN7O/c1-3-4-17-7-11-31(29-17)12-8-21(30-13-9-26-10-14-30)28-23(25)32-20-6-5-19-18(22(20)24)15-16(2)27-19/h3-8,12,15,25-27,29H,9-11,13-14H2,1-2H3/b4-3+,12-8?,25-23?,28-21+. The van der Waals surface area contributed by atoms with Crippen LogP contribution in [0.15, 0.2) is 59.4 Å². The predicted octanol–water partition coefficient (Wildman–Crippen LogP) is 3.03. The zero-order valence-electron chi connectivity index (χ0n) is 18.3. The monoisotopic (exact) mass is 437 g/mol. The number of nitrogens with zero attached hydrogens (tertiary/aromatic N) is 3. The van der Waals surface area contributed by atoms with E-state index in [0.717, 1.165) is 44.1 Å². The average molecular weight is 438 g/mol. The lowest BCUT2D eigenvalue weighted by Crippen LogP contribution is -2.46. The molecule has 9 heteroatoms. The van der Waals surface area contributed by atoms with Crippen molar-refractivity contribution in [1.82, 2.24) is 25.6 Å². The Labute approximate surface area is 186 Å². The maximum atomic E-state index is 14.8. The number of amidine groups is 2. The summed E-state index contributed by atoms with van der Waals surface area (Å²) in [4.78, 5) is 9.54. The molecule has 2 aliphatic heterocycles. The summed E-state index contributed by atoms with van der Waals surface area (Å²) >= 11 is 0. The second-order valence-electron chi connectivity index (χ2n) is 7.64. The number of aliphatic imine (C=N–C) groups is 1. The molecule has 1 aromatic carbocycles. The Hall–Kier alpha value is -3.59. The Kier molecular flexibility index (Phi) is 6.55. The minimum atomic E-state index is -0.505. The molecule has 1 saturated heterocycles. The van der Waals surface area contributed by atoms with Gasteiger partial charge in [-0.25, -0.2) is 9.80 Å². The van der Waals surface area contributed by atoms with Crippen LogP contribution in [0, 0.1) is 18.2 Å². The summed E-state index contributed by atoms with van der Waals surface area (Å²) in [6, 6.07) is 4.61. The van der Waals surface area contributed by atoms with Gasteiger partial charge in [-0.3, -0.25) is 10.4 Å². The van der Waals surface area contributed by atoms with Gasteiger partial charge in [0.2, 0.25) is 0 Å². The van der Waals surface area contributed by atoms with Crippen LogP contribution >= 0.6 is 0 Å². The van der Waals surface area contributed by atoms with Crippen LogP contribution in [0.4, 0.5) is 4.39 Å². The number of rotatable bonds is 4. The normalized spacial score (nSPS) is 17.5. The summed E-state index contributed by atoms with van der Waals surface area (Å²) in [6.45, 7) is 7.73. The number of hydrogen-bond donors (Lipinski definition) is 4. The van der Waals surface area contributed by atoms with Crippen LogP contribution in [-0.4, -0.2) is 59.5 Å². The first-order valence-corrected chi connectivity index (χ1v) is 10.7. The number of halogens is 1. The number of piperazine rings is 1. The van der Waals surface area contributed by atoms with Crippen molar-refractivity contribution in [3.05, 3.63) is 65.9 Å². The number of nitrogens with one attached hydrogen (secondary N) is 4. The summed E-state index contributed by atoms with van der Waals surface area (Å²) in [6.07, 6.45) is 9.79. The van der Waals surface area contributed by atoms with Gasteiger partial charge in [-0.15, -0.1) is 0 Å². The number of aromatic nitrogens is 1. The number of aryl methyl sites for hydroxylation is 1.